The molecule has 0 bridgehead atoms. The molecule has 0 radical (unpaired) electrons. The lowest BCUT2D eigenvalue weighted by Crippen LogP contribution is -2.20. The maximum atomic E-state index is 12.9. The van der Waals surface area contributed by atoms with E-state index in [0.29, 0.717) is 39.7 Å². The zero-order chi connectivity index (χ0) is 25.8. The topological polar surface area (TPSA) is 113 Å². The molecule has 2 amide bonds. The third kappa shape index (κ3) is 4.88. The van der Waals surface area contributed by atoms with Crippen LogP contribution < -0.4 is 30.5 Å². The van der Waals surface area contributed by atoms with Crippen LogP contribution in [-0.2, 0) is 18.9 Å². The first-order valence-corrected chi connectivity index (χ1v) is 11.0. The minimum atomic E-state index is -0.380. The molecule has 1 heterocycles. The zero-order valence-electron chi connectivity index (χ0n) is 20.3. The van der Waals surface area contributed by atoms with Crippen LogP contribution in [0.15, 0.2) is 65.5 Å². The first-order valence-electron chi connectivity index (χ1n) is 11.0. The molecule has 10 nitrogen and oxygen atoms in total. The molecular formula is C26H26N4O6. The number of carbonyl (C=O) groups excluding carboxylic acids is 2. The highest BCUT2D eigenvalue weighted by Gasteiger charge is 2.15. The highest BCUT2D eigenvalue weighted by molar-refractivity contribution is 6.05. The van der Waals surface area contributed by atoms with E-state index in [4.69, 9.17) is 14.2 Å². The molecule has 0 unspecified atom stereocenters. The number of imidazole rings is 1. The number of nitrogens with zero attached hydrogens (tertiary/aromatic N) is 2. The Morgan fingerprint density at radius 3 is 2.28 bits per heavy atom. The summed E-state index contributed by atoms with van der Waals surface area (Å²) in [6, 6.07) is 17.0. The molecule has 0 aliphatic rings. The largest absolute Gasteiger partial charge is 0.495 e. The Hall–Kier alpha value is -4.73. The number of ether oxygens (including phenoxy) is 3. The number of aromatic nitrogens is 2. The standard InChI is InChI=1S/C26H26N4O6/c1-29-19-11-10-17(14-20(19)30(2)26(29)33)27-25(32)16-9-12-22(23(13-16)35-4)36-15-24(31)28-18-7-5-6-8-21(18)34-3/h5-14H,15H2,1-4H3,(H,27,32)(H,28,31). The van der Waals surface area contributed by atoms with E-state index in [0.717, 1.165) is 5.52 Å². The molecule has 1 aromatic heterocycles. The van der Waals surface area contributed by atoms with E-state index < -0.39 is 0 Å². The molecule has 10 heteroatoms. The summed E-state index contributed by atoms with van der Waals surface area (Å²) < 4.78 is 19.3. The van der Waals surface area contributed by atoms with Crippen LogP contribution in [-0.4, -0.2) is 41.8 Å². The number of aryl methyl sites for hydroxylation is 2. The second-order valence-electron chi connectivity index (χ2n) is 7.96. The minimum absolute atomic E-state index is 0.148. The quantitative estimate of drug-likeness (QED) is 0.392. The highest BCUT2D eigenvalue weighted by Crippen LogP contribution is 2.29. The van der Waals surface area contributed by atoms with Gasteiger partial charge >= 0.3 is 5.69 Å². The van der Waals surface area contributed by atoms with Gasteiger partial charge in [-0.1, -0.05) is 12.1 Å². The monoisotopic (exact) mass is 490 g/mol. The smallest absolute Gasteiger partial charge is 0.328 e. The molecule has 36 heavy (non-hydrogen) atoms. The van der Waals surface area contributed by atoms with Gasteiger partial charge in [-0.05, 0) is 48.5 Å². The zero-order valence-corrected chi connectivity index (χ0v) is 20.3. The molecule has 0 fully saturated rings. The maximum Gasteiger partial charge on any atom is 0.328 e. The molecule has 0 spiro atoms. The first-order chi connectivity index (χ1) is 17.3. The van der Waals surface area contributed by atoms with E-state index in [9.17, 15) is 14.4 Å². The summed E-state index contributed by atoms with van der Waals surface area (Å²) in [5.41, 5.74) is 2.72. The van der Waals surface area contributed by atoms with Gasteiger partial charge in [0.05, 0.1) is 30.9 Å². The van der Waals surface area contributed by atoms with Crippen LogP contribution in [0.1, 0.15) is 10.4 Å². The van der Waals surface area contributed by atoms with Crippen LogP contribution in [0.2, 0.25) is 0 Å². The summed E-state index contributed by atoms with van der Waals surface area (Å²) in [6.45, 7) is -0.268. The lowest BCUT2D eigenvalue weighted by Gasteiger charge is -2.13. The number of carbonyl (C=O) groups is 2. The van der Waals surface area contributed by atoms with Gasteiger partial charge in [0.25, 0.3) is 11.8 Å². The predicted octanol–water partition coefficient (Wildman–Crippen LogP) is 3.16. The Kier molecular flexibility index (Phi) is 6.95. The molecule has 0 saturated heterocycles. The number of amides is 2. The third-order valence-corrected chi connectivity index (χ3v) is 5.70. The lowest BCUT2D eigenvalue weighted by molar-refractivity contribution is -0.118. The predicted molar refractivity (Wildman–Crippen MR) is 136 cm³/mol. The Bertz CT molecular complexity index is 1500. The number of rotatable bonds is 8. The number of para-hydroxylation sites is 2. The van der Waals surface area contributed by atoms with E-state index in [1.54, 1.807) is 73.3 Å². The van der Waals surface area contributed by atoms with E-state index in [1.165, 1.54) is 24.9 Å². The van der Waals surface area contributed by atoms with Crippen molar-refractivity contribution in [3.63, 3.8) is 0 Å². The number of hydrogen-bond acceptors (Lipinski definition) is 6. The molecule has 186 valence electrons. The fourth-order valence-corrected chi connectivity index (χ4v) is 3.79. The van der Waals surface area contributed by atoms with Crippen molar-refractivity contribution in [1.82, 2.24) is 9.13 Å². The van der Waals surface area contributed by atoms with Crippen molar-refractivity contribution in [1.29, 1.82) is 0 Å². The Morgan fingerprint density at radius 2 is 1.53 bits per heavy atom. The molecule has 0 atom stereocenters. The lowest BCUT2D eigenvalue weighted by atomic mass is 10.1. The normalized spacial score (nSPS) is 10.7. The van der Waals surface area contributed by atoms with Crippen molar-refractivity contribution in [2.75, 3.05) is 31.5 Å². The van der Waals surface area contributed by atoms with Gasteiger partial charge in [0, 0.05) is 25.3 Å². The molecule has 0 saturated carbocycles. The SMILES string of the molecule is COc1ccccc1NC(=O)COc1ccc(C(=O)Nc2ccc3c(c2)n(C)c(=O)n3C)cc1OC. The summed E-state index contributed by atoms with van der Waals surface area (Å²) in [6.07, 6.45) is 0. The maximum absolute atomic E-state index is 12.9. The summed E-state index contributed by atoms with van der Waals surface area (Å²) in [4.78, 5) is 37.4. The van der Waals surface area contributed by atoms with Gasteiger partial charge in [0.2, 0.25) is 0 Å². The van der Waals surface area contributed by atoms with Crippen molar-refractivity contribution < 1.29 is 23.8 Å². The van der Waals surface area contributed by atoms with Crippen LogP contribution in [0.3, 0.4) is 0 Å². The Labute approximate surface area is 207 Å². The Morgan fingerprint density at radius 1 is 0.806 bits per heavy atom. The van der Waals surface area contributed by atoms with Gasteiger partial charge in [0.15, 0.2) is 18.1 Å². The summed E-state index contributed by atoms with van der Waals surface area (Å²) >= 11 is 0. The first kappa shape index (κ1) is 24.4. The Balaban J connectivity index is 1.44. The van der Waals surface area contributed by atoms with Crippen LogP contribution >= 0.6 is 0 Å². The van der Waals surface area contributed by atoms with Crippen LogP contribution in [0, 0.1) is 0 Å². The second kappa shape index (κ2) is 10.3. The van der Waals surface area contributed by atoms with Crippen LogP contribution in [0.4, 0.5) is 11.4 Å². The number of methoxy groups -OCH3 is 2. The molecule has 3 aromatic carbocycles. The third-order valence-electron chi connectivity index (χ3n) is 5.70. The number of anilines is 2. The van der Waals surface area contributed by atoms with Gasteiger partial charge < -0.3 is 24.8 Å². The fourth-order valence-electron chi connectivity index (χ4n) is 3.79. The second-order valence-corrected chi connectivity index (χ2v) is 7.96. The molecule has 0 aliphatic heterocycles. The van der Waals surface area contributed by atoms with Gasteiger partial charge in [0.1, 0.15) is 5.75 Å². The minimum Gasteiger partial charge on any atom is -0.495 e. The molecule has 0 aliphatic carbocycles. The number of fused-ring (bicyclic) bond motifs is 1. The van der Waals surface area contributed by atoms with Crippen molar-refractivity contribution in [2.24, 2.45) is 14.1 Å². The number of hydrogen-bond donors (Lipinski definition) is 2. The summed E-state index contributed by atoms with van der Waals surface area (Å²) in [5, 5.41) is 5.56. The average molecular weight is 491 g/mol. The number of benzene rings is 3. The van der Waals surface area contributed by atoms with E-state index in [1.807, 2.05) is 0 Å². The summed E-state index contributed by atoms with van der Waals surface area (Å²) in [5.74, 6) is 0.397. The van der Waals surface area contributed by atoms with Crippen molar-refractivity contribution in [2.45, 2.75) is 0 Å². The van der Waals surface area contributed by atoms with Crippen LogP contribution in [0.5, 0.6) is 17.2 Å². The van der Waals surface area contributed by atoms with E-state index in [-0.39, 0.29) is 24.1 Å². The van der Waals surface area contributed by atoms with Crippen molar-refractivity contribution >= 4 is 34.2 Å². The van der Waals surface area contributed by atoms with Crippen molar-refractivity contribution in [3.05, 3.63) is 76.7 Å². The van der Waals surface area contributed by atoms with E-state index >= 15 is 0 Å². The highest BCUT2D eigenvalue weighted by atomic mass is 16.5. The molecular weight excluding hydrogens is 464 g/mol. The van der Waals surface area contributed by atoms with Gasteiger partial charge in [-0.3, -0.25) is 18.7 Å². The van der Waals surface area contributed by atoms with Gasteiger partial charge in [-0.2, -0.15) is 0 Å². The average Bonchev–Trinajstić information content (AvgIpc) is 3.11. The molecule has 4 rings (SSSR count). The fraction of sp³-hybridized carbons (Fsp3) is 0.192. The number of nitrogens with one attached hydrogen (secondary N) is 2. The van der Waals surface area contributed by atoms with Gasteiger partial charge in [-0.25, -0.2) is 4.79 Å². The van der Waals surface area contributed by atoms with Gasteiger partial charge in [-0.15, -0.1) is 0 Å². The molecule has 2 N–H and O–H groups in total. The van der Waals surface area contributed by atoms with Crippen LogP contribution in [0.25, 0.3) is 11.0 Å². The molecule has 4 aromatic rings. The van der Waals surface area contributed by atoms with E-state index in [2.05, 4.69) is 10.6 Å². The summed E-state index contributed by atoms with van der Waals surface area (Å²) in [7, 11) is 6.34. The van der Waals surface area contributed by atoms with Crippen molar-refractivity contribution in [3.8, 4) is 17.2 Å².